The van der Waals surface area contributed by atoms with Crippen molar-refractivity contribution in [3.8, 4) is 0 Å². The molecule has 4 nitrogen and oxygen atoms in total. The predicted molar refractivity (Wildman–Crippen MR) is 65.4 cm³/mol. The van der Waals surface area contributed by atoms with E-state index in [1.807, 2.05) is 13.8 Å². The van der Waals surface area contributed by atoms with Crippen LogP contribution in [0, 0.1) is 13.8 Å². The summed E-state index contributed by atoms with van der Waals surface area (Å²) in [5.41, 5.74) is 8.98. The van der Waals surface area contributed by atoms with Crippen molar-refractivity contribution >= 4 is 11.0 Å². The van der Waals surface area contributed by atoms with E-state index in [2.05, 4.69) is 27.7 Å². The predicted octanol–water partition coefficient (Wildman–Crippen LogP) is 1.57. The van der Waals surface area contributed by atoms with Gasteiger partial charge in [0.25, 0.3) is 0 Å². The third-order valence-electron chi connectivity index (χ3n) is 2.84. The van der Waals surface area contributed by atoms with E-state index in [1.54, 1.807) is 0 Å². The van der Waals surface area contributed by atoms with E-state index in [1.165, 1.54) is 10.9 Å². The van der Waals surface area contributed by atoms with E-state index in [0.717, 1.165) is 30.1 Å². The zero-order chi connectivity index (χ0) is 11.7. The Morgan fingerprint density at radius 1 is 1.31 bits per heavy atom. The lowest BCUT2D eigenvalue weighted by atomic mass is 10.1. The van der Waals surface area contributed by atoms with Gasteiger partial charge in [-0.15, -0.1) is 0 Å². The molecular weight excluding hydrogens is 200 g/mol. The molecule has 0 saturated carbocycles. The lowest BCUT2D eigenvalue weighted by Crippen LogP contribution is -2.02. The van der Waals surface area contributed by atoms with Crippen molar-refractivity contribution in [3.05, 3.63) is 23.3 Å². The summed E-state index contributed by atoms with van der Waals surface area (Å²) >= 11 is 0. The lowest BCUT2D eigenvalue weighted by molar-refractivity contribution is 0.778. The summed E-state index contributed by atoms with van der Waals surface area (Å²) < 4.78 is 2.17. The zero-order valence-electron chi connectivity index (χ0n) is 10.1. The molecule has 0 unspecified atom stereocenters. The van der Waals surface area contributed by atoms with Crippen LogP contribution in [0.3, 0.4) is 0 Å². The molecule has 2 N–H and O–H groups in total. The quantitative estimate of drug-likeness (QED) is 0.850. The van der Waals surface area contributed by atoms with E-state index in [9.17, 15) is 0 Å². The van der Waals surface area contributed by atoms with Gasteiger partial charge in [-0.3, -0.25) is 0 Å². The molecule has 4 heteroatoms. The van der Waals surface area contributed by atoms with Crippen molar-refractivity contribution in [3.63, 3.8) is 0 Å². The molecule has 0 saturated heterocycles. The van der Waals surface area contributed by atoms with Gasteiger partial charge in [-0.05, 0) is 39.3 Å². The molecule has 0 aromatic carbocycles. The highest BCUT2D eigenvalue weighted by Gasteiger charge is 2.12. The van der Waals surface area contributed by atoms with Gasteiger partial charge in [0.2, 0.25) is 0 Å². The first kappa shape index (κ1) is 11.1. The van der Waals surface area contributed by atoms with Crippen molar-refractivity contribution < 1.29 is 0 Å². The fourth-order valence-corrected chi connectivity index (χ4v) is 2.18. The molecule has 16 heavy (non-hydrogen) atoms. The van der Waals surface area contributed by atoms with Crippen LogP contribution in [0.4, 0.5) is 0 Å². The number of aryl methyl sites for hydroxylation is 3. The van der Waals surface area contributed by atoms with Gasteiger partial charge in [0.05, 0.1) is 5.69 Å². The third-order valence-corrected chi connectivity index (χ3v) is 2.84. The Labute approximate surface area is 95.5 Å². The summed E-state index contributed by atoms with van der Waals surface area (Å²) in [7, 11) is 0. The second-order valence-corrected chi connectivity index (χ2v) is 4.03. The molecule has 0 atom stereocenters. The Bertz CT molecular complexity index is 513. The first-order chi connectivity index (χ1) is 7.67. The maximum absolute atomic E-state index is 5.63. The summed E-state index contributed by atoms with van der Waals surface area (Å²) in [5, 5.41) is 1.18. The molecule has 0 spiro atoms. The minimum absolute atomic E-state index is 0.663. The van der Waals surface area contributed by atoms with Gasteiger partial charge < -0.3 is 10.3 Å². The highest BCUT2D eigenvalue weighted by Crippen LogP contribution is 2.22. The molecule has 2 heterocycles. The van der Waals surface area contributed by atoms with Gasteiger partial charge in [-0.25, -0.2) is 9.97 Å². The fourth-order valence-electron chi connectivity index (χ4n) is 2.18. The average molecular weight is 218 g/mol. The van der Waals surface area contributed by atoms with Crippen molar-refractivity contribution in [2.24, 2.45) is 5.73 Å². The van der Waals surface area contributed by atoms with Crippen LogP contribution in [0.25, 0.3) is 11.0 Å². The number of fused-ring (bicyclic) bond motifs is 1. The van der Waals surface area contributed by atoms with Gasteiger partial charge in [-0.1, -0.05) is 0 Å². The SMILES string of the molecule is CCn1cc(CCN)c2c(C)nc(C)nc21. The van der Waals surface area contributed by atoms with Crippen LogP contribution in [-0.4, -0.2) is 21.1 Å². The van der Waals surface area contributed by atoms with Gasteiger partial charge in [-0.2, -0.15) is 0 Å². The summed E-state index contributed by atoms with van der Waals surface area (Å²) in [6.45, 7) is 7.69. The summed E-state index contributed by atoms with van der Waals surface area (Å²) in [5.74, 6) is 0.831. The molecule has 2 rings (SSSR count). The monoisotopic (exact) mass is 218 g/mol. The highest BCUT2D eigenvalue weighted by molar-refractivity contribution is 5.83. The molecule has 86 valence electrons. The zero-order valence-corrected chi connectivity index (χ0v) is 10.1. The van der Waals surface area contributed by atoms with E-state index >= 15 is 0 Å². The van der Waals surface area contributed by atoms with Crippen molar-refractivity contribution in [2.45, 2.75) is 33.7 Å². The second-order valence-electron chi connectivity index (χ2n) is 4.03. The van der Waals surface area contributed by atoms with E-state index in [-0.39, 0.29) is 0 Å². The minimum atomic E-state index is 0.663. The number of nitrogens with zero attached hydrogens (tertiary/aromatic N) is 3. The largest absolute Gasteiger partial charge is 0.332 e. The molecule has 0 aliphatic heterocycles. The van der Waals surface area contributed by atoms with Crippen molar-refractivity contribution in [1.82, 2.24) is 14.5 Å². The summed E-state index contributed by atoms with van der Waals surface area (Å²) in [4.78, 5) is 8.95. The first-order valence-electron chi connectivity index (χ1n) is 5.70. The van der Waals surface area contributed by atoms with Crippen LogP contribution in [0.15, 0.2) is 6.20 Å². The van der Waals surface area contributed by atoms with Crippen LogP contribution in [0.1, 0.15) is 24.0 Å². The fraction of sp³-hybridized carbons (Fsp3) is 0.500. The minimum Gasteiger partial charge on any atom is -0.332 e. The van der Waals surface area contributed by atoms with Gasteiger partial charge in [0.15, 0.2) is 0 Å². The van der Waals surface area contributed by atoms with Crippen LogP contribution >= 0.6 is 0 Å². The Hall–Kier alpha value is -1.42. The van der Waals surface area contributed by atoms with E-state index < -0.39 is 0 Å². The molecule has 0 bridgehead atoms. The smallest absolute Gasteiger partial charge is 0.144 e. The van der Waals surface area contributed by atoms with Gasteiger partial charge >= 0.3 is 0 Å². The Balaban J connectivity index is 2.74. The van der Waals surface area contributed by atoms with Crippen LogP contribution in [0.2, 0.25) is 0 Å². The lowest BCUT2D eigenvalue weighted by Gasteiger charge is -2.02. The number of hydrogen-bond donors (Lipinski definition) is 1. The summed E-state index contributed by atoms with van der Waals surface area (Å²) in [6.07, 6.45) is 3.04. The highest BCUT2D eigenvalue weighted by atomic mass is 15.1. The Morgan fingerprint density at radius 3 is 2.69 bits per heavy atom. The van der Waals surface area contributed by atoms with Crippen LogP contribution in [-0.2, 0) is 13.0 Å². The molecule has 0 radical (unpaired) electrons. The van der Waals surface area contributed by atoms with Crippen molar-refractivity contribution in [2.75, 3.05) is 6.54 Å². The maximum Gasteiger partial charge on any atom is 0.144 e. The second kappa shape index (κ2) is 4.22. The third kappa shape index (κ3) is 1.69. The summed E-state index contributed by atoms with van der Waals surface area (Å²) in [6, 6.07) is 0. The molecule has 0 fully saturated rings. The topological polar surface area (TPSA) is 56.7 Å². The first-order valence-corrected chi connectivity index (χ1v) is 5.70. The molecule has 0 aliphatic rings. The number of rotatable bonds is 3. The standard InChI is InChI=1S/C12H18N4/c1-4-16-7-10(5-6-13)11-8(2)14-9(3)15-12(11)16/h7H,4-6,13H2,1-3H3. The van der Waals surface area contributed by atoms with Gasteiger partial charge in [0, 0.05) is 18.1 Å². The van der Waals surface area contributed by atoms with Crippen molar-refractivity contribution in [1.29, 1.82) is 0 Å². The van der Waals surface area contributed by atoms with E-state index in [0.29, 0.717) is 6.54 Å². The van der Waals surface area contributed by atoms with Gasteiger partial charge in [0.1, 0.15) is 11.5 Å². The molecule has 0 amide bonds. The maximum atomic E-state index is 5.63. The van der Waals surface area contributed by atoms with Crippen LogP contribution < -0.4 is 5.73 Å². The Kier molecular flexibility index (Phi) is 2.92. The number of aromatic nitrogens is 3. The average Bonchev–Trinajstić information content (AvgIpc) is 2.57. The number of hydrogen-bond acceptors (Lipinski definition) is 3. The van der Waals surface area contributed by atoms with E-state index in [4.69, 9.17) is 5.73 Å². The molecule has 2 aromatic rings. The van der Waals surface area contributed by atoms with Crippen LogP contribution in [0.5, 0.6) is 0 Å². The molecule has 2 aromatic heterocycles. The number of nitrogens with two attached hydrogens (primary N) is 1. The normalized spacial score (nSPS) is 11.2. The molecule has 0 aliphatic carbocycles. The molecular formula is C12H18N4. The Morgan fingerprint density at radius 2 is 2.06 bits per heavy atom.